The van der Waals surface area contributed by atoms with E-state index in [-0.39, 0.29) is 18.2 Å². The van der Waals surface area contributed by atoms with Crippen molar-refractivity contribution in [2.24, 2.45) is 0 Å². The van der Waals surface area contributed by atoms with Gasteiger partial charge in [0.2, 0.25) is 11.8 Å². The average molecular weight is 353 g/mol. The number of benzene rings is 2. The first-order valence-corrected chi connectivity index (χ1v) is 8.89. The van der Waals surface area contributed by atoms with Gasteiger partial charge in [-0.2, -0.15) is 0 Å². The van der Waals surface area contributed by atoms with E-state index in [2.05, 4.69) is 39.9 Å². The molecule has 0 radical (unpaired) electrons. The molecule has 0 saturated heterocycles. The SMILES string of the molecule is CC(=O)NCCNC(=O)Cc1nc2ccc(-c3ccccc3)cc2s1. The first-order chi connectivity index (χ1) is 12.1. The van der Waals surface area contributed by atoms with Crippen molar-refractivity contribution < 1.29 is 9.59 Å². The summed E-state index contributed by atoms with van der Waals surface area (Å²) in [6.07, 6.45) is 0.250. The fraction of sp³-hybridized carbons (Fsp3) is 0.211. The minimum atomic E-state index is -0.102. The van der Waals surface area contributed by atoms with Crippen LogP contribution in [0.25, 0.3) is 21.3 Å². The summed E-state index contributed by atoms with van der Waals surface area (Å²) in [4.78, 5) is 27.3. The second-order valence-electron chi connectivity index (χ2n) is 5.67. The number of hydrogen-bond acceptors (Lipinski definition) is 4. The lowest BCUT2D eigenvalue weighted by Gasteiger charge is -2.04. The second-order valence-corrected chi connectivity index (χ2v) is 6.78. The highest BCUT2D eigenvalue weighted by atomic mass is 32.1. The molecular weight excluding hydrogens is 334 g/mol. The molecule has 0 saturated carbocycles. The molecule has 2 aromatic carbocycles. The van der Waals surface area contributed by atoms with Crippen molar-refractivity contribution in [3.8, 4) is 11.1 Å². The largest absolute Gasteiger partial charge is 0.355 e. The van der Waals surface area contributed by atoms with Crippen LogP contribution in [0.5, 0.6) is 0 Å². The van der Waals surface area contributed by atoms with Gasteiger partial charge in [-0.15, -0.1) is 11.3 Å². The smallest absolute Gasteiger partial charge is 0.226 e. The van der Waals surface area contributed by atoms with Gasteiger partial charge in [0.1, 0.15) is 5.01 Å². The standard InChI is InChI=1S/C19H19N3O2S/c1-13(23)20-9-10-21-18(24)12-19-22-16-8-7-15(11-17(16)25-19)14-5-3-2-4-6-14/h2-8,11H,9-10,12H2,1H3,(H,20,23)(H,21,24). The predicted molar refractivity (Wildman–Crippen MR) is 100 cm³/mol. The highest BCUT2D eigenvalue weighted by molar-refractivity contribution is 7.18. The molecule has 0 fully saturated rings. The van der Waals surface area contributed by atoms with Gasteiger partial charge in [-0.1, -0.05) is 36.4 Å². The van der Waals surface area contributed by atoms with Crippen LogP contribution in [0.1, 0.15) is 11.9 Å². The van der Waals surface area contributed by atoms with Gasteiger partial charge in [0.15, 0.2) is 0 Å². The maximum Gasteiger partial charge on any atom is 0.226 e. The third-order valence-corrected chi connectivity index (χ3v) is 4.69. The second kappa shape index (κ2) is 7.90. The van der Waals surface area contributed by atoms with E-state index in [0.717, 1.165) is 26.4 Å². The maximum atomic E-state index is 12.0. The molecule has 2 N–H and O–H groups in total. The van der Waals surface area contributed by atoms with Crippen LogP contribution in [0, 0.1) is 0 Å². The molecule has 0 aliphatic carbocycles. The van der Waals surface area contributed by atoms with Crippen molar-refractivity contribution in [2.45, 2.75) is 13.3 Å². The van der Waals surface area contributed by atoms with E-state index in [1.807, 2.05) is 24.3 Å². The minimum Gasteiger partial charge on any atom is -0.355 e. The van der Waals surface area contributed by atoms with Crippen molar-refractivity contribution in [3.05, 3.63) is 53.5 Å². The predicted octanol–water partition coefficient (Wildman–Crippen LogP) is 2.76. The van der Waals surface area contributed by atoms with Crippen LogP contribution >= 0.6 is 11.3 Å². The molecule has 0 unspecified atom stereocenters. The van der Waals surface area contributed by atoms with E-state index < -0.39 is 0 Å². The number of nitrogens with one attached hydrogen (secondary N) is 2. The Labute approximate surface area is 150 Å². The Balaban J connectivity index is 1.65. The van der Waals surface area contributed by atoms with Crippen LogP contribution in [0.2, 0.25) is 0 Å². The highest BCUT2D eigenvalue weighted by Crippen LogP contribution is 2.28. The van der Waals surface area contributed by atoms with Gasteiger partial charge in [0.05, 0.1) is 16.6 Å². The van der Waals surface area contributed by atoms with E-state index in [1.54, 1.807) is 0 Å². The summed E-state index contributed by atoms with van der Waals surface area (Å²) in [5.41, 5.74) is 3.21. The Bertz CT molecular complexity index is 890. The molecule has 0 aliphatic rings. The molecule has 3 aromatic rings. The van der Waals surface area contributed by atoms with E-state index >= 15 is 0 Å². The summed E-state index contributed by atoms with van der Waals surface area (Å²) < 4.78 is 1.07. The van der Waals surface area contributed by atoms with Gasteiger partial charge in [-0.25, -0.2) is 4.98 Å². The topological polar surface area (TPSA) is 71.1 Å². The Morgan fingerprint density at radius 1 is 1.00 bits per heavy atom. The summed E-state index contributed by atoms with van der Waals surface area (Å²) in [7, 11) is 0. The van der Waals surface area contributed by atoms with Crippen LogP contribution in [0.3, 0.4) is 0 Å². The molecule has 5 nitrogen and oxygen atoms in total. The zero-order chi connectivity index (χ0) is 17.6. The van der Waals surface area contributed by atoms with Gasteiger partial charge in [-0.3, -0.25) is 9.59 Å². The normalized spacial score (nSPS) is 10.6. The summed E-state index contributed by atoms with van der Waals surface area (Å²) in [5.74, 6) is -0.192. The highest BCUT2D eigenvalue weighted by Gasteiger charge is 2.10. The average Bonchev–Trinajstić information content (AvgIpc) is 3.00. The lowest BCUT2D eigenvalue weighted by Crippen LogP contribution is -2.34. The van der Waals surface area contributed by atoms with Gasteiger partial charge in [0, 0.05) is 20.0 Å². The number of fused-ring (bicyclic) bond motifs is 1. The number of amides is 2. The molecular formula is C19H19N3O2S. The van der Waals surface area contributed by atoms with E-state index in [0.29, 0.717) is 13.1 Å². The summed E-state index contributed by atoms with van der Waals surface area (Å²) in [6.45, 7) is 2.30. The molecule has 3 rings (SSSR count). The summed E-state index contributed by atoms with van der Waals surface area (Å²) in [6, 6.07) is 16.3. The maximum absolute atomic E-state index is 12.0. The first kappa shape index (κ1) is 17.1. The number of carbonyl (C=O) groups is 2. The van der Waals surface area contributed by atoms with Gasteiger partial charge in [0.25, 0.3) is 0 Å². The summed E-state index contributed by atoms with van der Waals surface area (Å²) >= 11 is 1.54. The summed E-state index contributed by atoms with van der Waals surface area (Å²) in [5, 5.41) is 6.21. The quantitative estimate of drug-likeness (QED) is 0.670. The number of aromatic nitrogens is 1. The first-order valence-electron chi connectivity index (χ1n) is 8.08. The molecule has 6 heteroatoms. The molecule has 0 bridgehead atoms. The van der Waals surface area contributed by atoms with Crippen LogP contribution < -0.4 is 10.6 Å². The van der Waals surface area contributed by atoms with Crippen molar-refractivity contribution >= 4 is 33.4 Å². The molecule has 25 heavy (non-hydrogen) atoms. The zero-order valence-corrected chi connectivity index (χ0v) is 14.7. The minimum absolute atomic E-state index is 0.0901. The lowest BCUT2D eigenvalue weighted by atomic mass is 10.1. The van der Waals surface area contributed by atoms with Crippen LogP contribution in [-0.4, -0.2) is 29.9 Å². The van der Waals surface area contributed by atoms with Crippen molar-refractivity contribution in [1.82, 2.24) is 15.6 Å². The molecule has 0 aliphatic heterocycles. The Morgan fingerprint density at radius 2 is 1.76 bits per heavy atom. The van der Waals surface area contributed by atoms with Gasteiger partial charge >= 0.3 is 0 Å². The Morgan fingerprint density at radius 3 is 2.52 bits per heavy atom. The van der Waals surface area contributed by atoms with E-state index in [9.17, 15) is 9.59 Å². The molecule has 128 valence electrons. The van der Waals surface area contributed by atoms with E-state index in [1.165, 1.54) is 18.3 Å². The third-order valence-electron chi connectivity index (χ3n) is 3.67. The fourth-order valence-corrected chi connectivity index (χ4v) is 3.50. The molecule has 1 heterocycles. The van der Waals surface area contributed by atoms with Crippen molar-refractivity contribution in [1.29, 1.82) is 0 Å². The zero-order valence-electron chi connectivity index (χ0n) is 13.9. The van der Waals surface area contributed by atoms with Crippen molar-refractivity contribution in [2.75, 3.05) is 13.1 Å². The number of carbonyl (C=O) groups excluding carboxylic acids is 2. The van der Waals surface area contributed by atoms with Crippen LogP contribution in [-0.2, 0) is 16.0 Å². The Hall–Kier alpha value is -2.73. The van der Waals surface area contributed by atoms with Crippen molar-refractivity contribution in [3.63, 3.8) is 0 Å². The molecule has 1 aromatic heterocycles. The monoisotopic (exact) mass is 353 g/mol. The van der Waals surface area contributed by atoms with Gasteiger partial charge < -0.3 is 10.6 Å². The van der Waals surface area contributed by atoms with Crippen LogP contribution in [0.15, 0.2) is 48.5 Å². The fourth-order valence-electron chi connectivity index (χ4n) is 2.50. The Kier molecular flexibility index (Phi) is 5.40. The van der Waals surface area contributed by atoms with E-state index in [4.69, 9.17) is 0 Å². The molecule has 2 amide bonds. The number of rotatable bonds is 6. The number of nitrogens with zero attached hydrogens (tertiary/aromatic N) is 1. The molecule has 0 spiro atoms. The van der Waals surface area contributed by atoms with Gasteiger partial charge in [-0.05, 0) is 23.3 Å². The number of thiazole rings is 1. The van der Waals surface area contributed by atoms with Crippen LogP contribution in [0.4, 0.5) is 0 Å². The third kappa shape index (κ3) is 4.64. The lowest BCUT2D eigenvalue weighted by molar-refractivity contribution is -0.121. The number of hydrogen-bond donors (Lipinski definition) is 2. The molecule has 0 atom stereocenters.